The molecule has 0 radical (unpaired) electrons. The summed E-state index contributed by atoms with van der Waals surface area (Å²) in [6, 6.07) is 0.438. The van der Waals surface area contributed by atoms with Gasteiger partial charge < -0.3 is 10.2 Å². The smallest absolute Gasteiger partial charge is 0.188 e. The molecule has 1 aliphatic rings. The molecule has 0 amide bonds. The molecule has 5 rings (SSSR count). The van der Waals surface area contributed by atoms with Crippen molar-refractivity contribution >= 4 is 37.5 Å². The van der Waals surface area contributed by atoms with Gasteiger partial charge in [0.2, 0.25) is 0 Å². The summed E-state index contributed by atoms with van der Waals surface area (Å²) in [6.45, 7) is 9.12. The summed E-state index contributed by atoms with van der Waals surface area (Å²) >= 11 is 3.21. The molecule has 31 heavy (non-hydrogen) atoms. The molecule has 10 heteroatoms. The van der Waals surface area contributed by atoms with Crippen molar-refractivity contribution in [2.75, 3.05) is 11.9 Å². The maximum Gasteiger partial charge on any atom is 0.188 e. The van der Waals surface area contributed by atoms with Crippen LogP contribution in [-0.2, 0) is 0 Å². The second-order valence-electron chi connectivity index (χ2n) is 9.42. The third-order valence-corrected chi connectivity index (χ3v) is 7.75. The Morgan fingerprint density at radius 1 is 1.03 bits per heavy atom. The topological polar surface area (TPSA) is 84.7 Å². The number of piperidine rings is 1. The molecule has 0 saturated carbocycles. The first-order valence-corrected chi connectivity index (χ1v) is 11.9. The van der Waals surface area contributed by atoms with Gasteiger partial charge in [-0.2, -0.15) is 0 Å². The Kier molecular flexibility index (Phi) is 4.83. The van der Waals surface area contributed by atoms with Crippen molar-refractivity contribution < 1.29 is 0 Å². The zero-order chi connectivity index (χ0) is 21.8. The van der Waals surface area contributed by atoms with Crippen LogP contribution in [0.1, 0.15) is 40.5 Å². The number of nitrogens with zero attached hydrogens (tertiary/aromatic N) is 7. The van der Waals surface area contributed by atoms with Crippen LogP contribution in [0.25, 0.3) is 26.2 Å². The third-order valence-electron chi connectivity index (χ3n) is 5.61. The number of hydrogen-bond donors (Lipinski definition) is 1. The van der Waals surface area contributed by atoms with Gasteiger partial charge in [0.1, 0.15) is 17.0 Å². The molecule has 4 aromatic rings. The van der Waals surface area contributed by atoms with E-state index in [9.17, 15) is 0 Å². The summed E-state index contributed by atoms with van der Waals surface area (Å²) in [5.74, 6) is 0.731. The lowest BCUT2D eigenvalue weighted by Gasteiger charge is -2.48. The summed E-state index contributed by atoms with van der Waals surface area (Å²) in [6.07, 6.45) is 10.9. The van der Waals surface area contributed by atoms with Crippen LogP contribution in [0.3, 0.4) is 0 Å². The van der Waals surface area contributed by atoms with E-state index in [1.54, 1.807) is 47.6 Å². The van der Waals surface area contributed by atoms with Crippen LogP contribution >= 0.6 is 22.7 Å². The molecule has 0 unspecified atom stereocenters. The molecular formula is C21H26N8S2. The van der Waals surface area contributed by atoms with E-state index in [0.717, 1.165) is 44.2 Å². The highest BCUT2D eigenvalue weighted by Crippen LogP contribution is 2.38. The first kappa shape index (κ1) is 20.5. The van der Waals surface area contributed by atoms with E-state index in [0.29, 0.717) is 6.04 Å². The Labute approximate surface area is 189 Å². The van der Waals surface area contributed by atoms with Crippen molar-refractivity contribution in [1.29, 1.82) is 0 Å². The van der Waals surface area contributed by atoms with Crippen molar-refractivity contribution in [1.82, 2.24) is 34.8 Å². The van der Waals surface area contributed by atoms with Crippen molar-refractivity contribution in [3.63, 3.8) is 0 Å². The van der Waals surface area contributed by atoms with Crippen molar-refractivity contribution in [3.8, 4) is 16.5 Å². The van der Waals surface area contributed by atoms with Gasteiger partial charge in [-0.25, -0.2) is 24.9 Å². The summed E-state index contributed by atoms with van der Waals surface area (Å²) in [5, 5.41) is 5.63. The number of rotatable bonds is 4. The highest BCUT2D eigenvalue weighted by atomic mass is 32.1. The molecule has 0 spiro atoms. The van der Waals surface area contributed by atoms with E-state index in [2.05, 4.69) is 59.9 Å². The fraction of sp³-hybridized carbons (Fsp3) is 0.476. The zero-order valence-corrected chi connectivity index (χ0v) is 20.0. The van der Waals surface area contributed by atoms with Crippen LogP contribution in [0.2, 0.25) is 0 Å². The van der Waals surface area contributed by atoms with Crippen LogP contribution in [0, 0.1) is 0 Å². The summed E-state index contributed by atoms with van der Waals surface area (Å²) in [5.41, 5.74) is 0.959. The maximum absolute atomic E-state index is 4.91. The molecule has 5 heterocycles. The van der Waals surface area contributed by atoms with Crippen LogP contribution in [0.4, 0.5) is 5.13 Å². The summed E-state index contributed by atoms with van der Waals surface area (Å²) < 4.78 is 1.82. The fourth-order valence-corrected chi connectivity index (χ4v) is 6.58. The van der Waals surface area contributed by atoms with E-state index < -0.39 is 0 Å². The summed E-state index contributed by atoms with van der Waals surface area (Å²) in [4.78, 5) is 27.0. The quantitative estimate of drug-likeness (QED) is 0.496. The first-order chi connectivity index (χ1) is 14.7. The van der Waals surface area contributed by atoms with Gasteiger partial charge in [-0.3, -0.25) is 4.57 Å². The average Bonchev–Trinajstić information content (AvgIpc) is 3.41. The van der Waals surface area contributed by atoms with E-state index in [-0.39, 0.29) is 11.1 Å². The fourth-order valence-electron chi connectivity index (χ4n) is 4.55. The largest absolute Gasteiger partial charge is 0.348 e. The first-order valence-electron chi connectivity index (χ1n) is 10.3. The second kappa shape index (κ2) is 7.32. The van der Waals surface area contributed by atoms with Gasteiger partial charge in [0.25, 0.3) is 0 Å². The SMILES string of the molecule is CN(c1nc2sc(-c3cnc(-n4ccnc4)cn3)nc2s1)C1CC(C)(C)NC(C)(C)C1. The van der Waals surface area contributed by atoms with Gasteiger partial charge >= 0.3 is 0 Å². The molecule has 162 valence electrons. The third kappa shape index (κ3) is 4.07. The average molecular weight is 455 g/mol. The highest BCUT2D eigenvalue weighted by molar-refractivity contribution is 7.29. The molecule has 4 aromatic heterocycles. The van der Waals surface area contributed by atoms with E-state index in [1.165, 1.54) is 0 Å². The number of thiazole rings is 2. The molecular weight excluding hydrogens is 428 g/mol. The Hall–Kier alpha value is -2.43. The molecule has 1 N–H and O–H groups in total. The van der Waals surface area contributed by atoms with Crippen molar-refractivity contribution in [2.24, 2.45) is 0 Å². The van der Waals surface area contributed by atoms with Gasteiger partial charge in [-0.15, -0.1) is 0 Å². The van der Waals surface area contributed by atoms with Gasteiger partial charge in [0.15, 0.2) is 20.6 Å². The number of aromatic nitrogens is 6. The van der Waals surface area contributed by atoms with Gasteiger partial charge in [-0.1, -0.05) is 22.7 Å². The number of imidazole rings is 1. The Morgan fingerprint density at radius 3 is 2.39 bits per heavy atom. The lowest BCUT2D eigenvalue weighted by Crippen LogP contribution is -2.61. The molecule has 0 aromatic carbocycles. The molecule has 8 nitrogen and oxygen atoms in total. The Morgan fingerprint density at radius 2 is 1.77 bits per heavy atom. The molecule has 1 aliphatic heterocycles. The molecule has 1 fully saturated rings. The molecule has 0 aliphatic carbocycles. The van der Waals surface area contributed by atoms with Crippen molar-refractivity contribution in [2.45, 2.75) is 57.7 Å². The van der Waals surface area contributed by atoms with E-state index >= 15 is 0 Å². The Bertz CT molecular complexity index is 1140. The highest BCUT2D eigenvalue weighted by Gasteiger charge is 2.39. The van der Waals surface area contributed by atoms with Gasteiger partial charge in [-0.05, 0) is 40.5 Å². The number of anilines is 1. The zero-order valence-electron chi connectivity index (χ0n) is 18.3. The van der Waals surface area contributed by atoms with Crippen molar-refractivity contribution in [3.05, 3.63) is 31.1 Å². The minimum atomic E-state index is 0.0995. The lowest BCUT2D eigenvalue weighted by molar-refractivity contribution is 0.161. The predicted molar refractivity (Wildman–Crippen MR) is 126 cm³/mol. The van der Waals surface area contributed by atoms with Crippen LogP contribution in [0.5, 0.6) is 0 Å². The van der Waals surface area contributed by atoms with Crippen LogP contribution in [0.15, 0.2) is 31.1 Å². The minimum absolute atomic E-state index is 0.0995. The summed E-state index contributed by atoms with van der Waals surface area (Å²) in [7, 11) is 2.16. The standard InChI is InChI=1S/C21H26N8S2/c1-20(2)8-13(9-21(3,4)27-20)28(5)19-26-18-17(31-19)25-16(30-18)14-10-24-15(11-23-14)29-7-6-22-12-29/h6-7,10-13,27H,8-9H2,1-5H3. The molecule has 1 saturated heterocycles. The monoisotopic (exact) mass is 454 g/mol. The number of hydrogen-bond acceptors (Lipinski definition) is 9. The predicted octanol–water partition coefficient (Wildman–Crippen LogP) is 4.14. The maximum atomic E-state index is 4.91. The molecule has 0 atom stereocenters. The number of fused-ring (bicyclic) bond motifs is 1. The normalized spacial score (nSPS) is 18.5. The lowest BCUT2D eigenvalue weighted by atomic mass is 9.79. The van der Waals surface area contributed by atoms with Gasteiger partial charge in [0.05, 0.1) is 12.4 Å². The van der Waals surface area contributed by atoms with E-state index in [1.807, 2.05) is 10.8 Å². The van der Waals surface area contributed by atoms with Crippen LogP contribution < -0.4 is 10.2 Å². The minimum Gasteiger partial charge on any atom is -0.348 e. The molecule has 0 bridgehead atoms. The van der Waals surface area contributed by atoms with Crippen LogP contribution in [-0.4, -0.2) is 53.7 Å². The Balaban J connectivity index is 1.37. The second-order valence-corrected chi connectivity index (χ2v) is 11.4. The van der Waals surface area contributed by atoms with E-state index in [4.69, 9.17) is 9.97 Å². The number of nitrogens with one attached hydrogen (secondary N) is 1. The van der Waals surface area contributed by atoms with Gasteiger partial charge in [0, 0.05) is 36.6 Å².